The first-order valence-corrected chi connectivity index (χ1v) is 5.47. The van der Waals surface area contributed by atoms with Crippen molar-refractivity contribution in [2.45, 2.75) is 33.1 Å². The van der Waals surface area contributed by atoms with Gasteiger partial charge in [-0.25, -0.2) is 8.78 Å². The molecule has 0 heterocycles. The summed E-state index contributed by atoms with van der Waals surface area (Å²) in [6, 6.07) is 3.86. The van der Waals surface area contributed by atoms with Crippen molar-refractivity contribution in [2.75, 3.05) is 0 Å². The molecule has 0 saturated carbocycles. The van der Waals surface area contributed by atoms with Crippen LogP contribution in [0.5, 0.6) is 0 Å². The minimum absolute atomic E-state index is 0.0463. The van der Waals surface area contributed by atoms with Crippen LogP contribution in [0.1, 0.15) is 32.3 Å². The van der Waals surface area contributed by atoms with Crippen LogP contribution in [0, 0.1) is 17.6 Å². The third kappa shape index (κ3) is 3.72. The van der Waals surface area contributed by atoms with E-state index in [0.29, 0.717) is 19.3 Å². The molecular formula is C13H16F2O. The summed E-state index contributed by atoms with van der Waals surface area (Å²) >= 11 is 0. The summed E-state index contributed by atoms with van der Waals surface area (Å²) in [5.74, 6) is -1.40. The van der Waals surface area contributed by atoms with Crippen LogP contribution in [0.4, 0.5) is 8.78 Å². The van der Waals surface area contributed by atoms with Crippen LogP contribution < -0.4 is 0 Å². The van der Waals surface area contributed by atoms with E-state index < -0.39 is 11.6 Å². The predicted molar refractivity (Wildman–Crippen MR) is 59.1 cm³/mol. The van der Waals surface area contributed by atoms with Crippen molar-refractivity contribution in [3.63, 3.8) is 0 Å². The van der Waals surface area contributed by atoms with E-state index in [2.05, 4.69) is 0 Å². The highest BCUT2D eigenvalue weighted by atomic mass is 19.2. The van der Waals surface area contributed by atoms with Crippen LogP contribution >= 0.6 is 0 Å². The highest BCUT2D eigenvalue weighted by molar-refractivity contribution is 5.80. The second-order valence-electron chi connectivity index (χ2n) is 4.22. The predicted octanol–water partition coefficient (Wildman–Crippen LogP) is 3.51. The molecule has 1 aromatic rings. The number of hydrogen-bond acceptors (Lipinski definition) is 1. The van der Waals surface area contributed by atoms with Crippen LogP contribution in [0.25, 0.3) is 0 Å². The molecule has 3 heteroatoms. The molecule has 0 bridgehead atoms. The highest BCUT2D eigenvalue weighted by Gasteiger charge is 2.07. The SMILES string of the molecule is CC(C)C(=O)CCCc1ccc(F)c(F)c1. The Morgan fingerprint density at radius 3 is 2.50 bits per heavy atom. The van der Waals surface area contributed by atoms with Gasteiger partial charge in [-0.15, -0.1) is 0 Å². The highest BCUT2D eigenvalue weighted by Crippen LogP contribution is 2.12. The number of Topliss-reactive ketones (excluding diaryl/α,β-unsaturated/α-hetero) is 1. The largest absolute Gasteiger partial charge is 0.299 e. The summed E-state index contributed by atoms with van der Waals surface area (Å²) in [5.41, 5.74) is 0.732. The lowest BCUT2D eigenvalue weighted by molar-refractivity contribution is -0.121. The molecule has 0 aromatic heterocycles. The van der Waals surface area contributed by atoms with E-state index in [9.17, 15) is 13.6 Å². The Labute approximate surface area is 94.5 Å². The zero-order valence-corrected chi connectivity index (χ0v) is 9.59. The number of carbonyl (C=O) groups is 1. The van der Waals surface area contributed by atoms with Crippen molar-refractivity contribution >= 4 is 5.78 Å². The number of halogens is 2. The van der Waals surface area contributed by atoms with Gasteiger partial charge >= 0.3 is 0 Å². The molecule has 1 aromatic carbocycles. The van der Waals surface area contributed by atoms with Gasteiger partial charge in [-0.1, -0.05) is 19.9 Å². The second-order valence-corrected chi connectivity index (χ2v) is 4.22. The Balaban J connectivity index is 2.43. The Hall–Kier alpha value is -1.25. The molecule has 88 valence electrons. The van der Waals surface area contributed by atoms with Gasteiger partial charge in [-0.3, -0.25) is 4.79 Å². The monoisotopic (exact) mass is 226 g/mol. The average molecular weight is 226 g/mol. The van der Waals surface area contributed by atoms with E-state index in [1.54, 1.807) is 6.07 Å². The molecule has 0 saturated heterocycles. The smallest absolute Gasteiger partial charge is 0.159 e. The fourth-order valence-corrected chi connectivity index (χ4v) is 1.45. The Kier molecular flexibility index (Phi) is 4.59. The Bertz CT molecular complexity index is 372. The summed E-state index contributed by atoms with van der Waals surface area (Å²) in [6.07, 6.45) is 1.79. The standard InChI is InChI=1S/C13H16F2O/c1-9(2)13(16)5-3-4-10-6-7-11(14)12(15)8-10/h6-9H,3-5H2,1-2H3. The lowest BCUT2D eigenvalue weighted by Crippen LogP contribution is -2.06. The number of rotatable bonds is 5. The van der Waals surface area contributed by atoms with Gasteiger partial charge in [0.05, 0.1) is 0 Å². The van der Waals surface area contributed by atoms with E-state index in [4.69, 9.17) is 0 Å². The number of ketones is 1. The molecule has 0 radical (unpaired) electrons. The third-order valence-corrected chi connectivity index (χ3v) is 2.52. The molecule has 0 aliphatic carbocycles. The Morgan fingerprint density at radius 1 is 1.25 bits per heavy atom. The molecule has 0 aliphatic rings. The van der Waals surface area contributed by atoms with Gasteiger partial charge in [0.25, 0.3) is 0 Å². The molecular weight excluding hydrogens is 210 g/mol. The average Bonchev–Trinajstić information content (AvgIpc) is 2.23. The van der Waals surface area contributed by atoms with Crippen molar-refractivity contribution in [1.82, 2.24) is 0 Å². The molecule has 1 rings (SSSR count). The number of aryl methyl sites for hydroxylation is 1. The summed E-state index contributed by atoms with van der Waals surface area (Å²) in [7, 11) is 0. The van der Waals surface area contributed by atoms with E-state index in [1.165, 1.54) is 6.07 Å². The molecule has 0 aliphatic heterocycles. The van der Waals surface area contributed by atoms with Crippen molar-refractivity contribution in [3.05, 3.63) is 35.4 Å². The molecule has 16 heavy (non-hydrogen) atoms. The zero-order valence-electron chi connectivity index (χ0n) is 9.59. The van der Waals surface area contributed by atoms with Gasteiger partial charge < -0.3 is 0 Å². The van der Waals surface area contributed by atoms with Crippen LogP contribution in [-0.4, -0.2) is 5.78 Å². The molecule has 0 atom stereocenters. The zero-order chi connectivity index (χ0) is 12.1. The molecule has 0 spiro atoms. The Morgan fingerprint density at radius 2 is 1.94 bits per heavy atom. The van der Waals surface area contributed by atoms with Crippen molar-refractivity contribution in [2.24, 2.45) is 5.92 Å². The lowest BCUT2D eigenvalue weighted by atomic mass is 10.0. The van der Waals surface area contributed by atoms with Gasteiger partial charge in [-0.05, 0) is 30.5 Å². The van der Waals surface area contributed by atoms with Crippen LogP contribution in [-0.2, 0) is 11.2 Å². The van der Waals surface area contributed by atoms with E-state index in [-0.39, 0.29) is 11.7 Å². The van der Waals surface area contributed by atoms with Crippen molar-refractivity contribution < 1.29 is 13.6 Å². The molecule has 0 amide bonds. The van der Waals surface area contributed by atoms with Gasteiger partial charge in [0.1, 0.15) is 5.78 Å². The summed E-state index contributed by atoms with van der Waals surface area (Å²) in [6.45, 7) is 3.72. The first-order valence-electron chi connectivity index (χ1n) is 5.47. The van der Waals surface area contributed by atoms with Gasteiger partial charge in [0, 0.05) is 12.3 Å². The fraction of sp³-hybridized carbons (Fsp3) is 0.462. The lowest BCUT2D eigenvalue weighted by Gasteiger charge is -2.04. The molecule has 0 N–H and O–H groups in total. The summed E-state index contributed by atoms with van der Waals surface area (Å²) in [4.78, 5) is 11.3. The maximum absolute atomic E-state index is 12.9. The third-order valence-electron chi connectivity index (χ3n) is 2.52. The van der Waals surface area contributed by atoms with E-state index in [0.717, 1.165) is 11.6 Å². The van der Waals surface area contributed by atoms with Gasteiger partial charge in [0.2, 0.25) is 0 Å². The maximum atomic E-state index is 12.9. The van der Waals surface area contributed by atoms with Crippen molar-refractivity contribution in [3.8, 4) is 0 Å². The second kappa shape index (κ2) is 5.73. The van der Waals surface area contributed by atoms with Crippen LogP contribution in [0.3, 0.4) is 0 Å². The van der Waals surface area contributed by atoms with E-state index >= 15 is 0 Å². The number of hydrogen-bond donors (Lipinski definition) is 0. The fourth-order valence-electron chi connectivity index (χ4n) is 1.45. The molecule has 0 unspecified atom stereocenters. The summed E-state index contributed by atoms with van der Waals surface area (Å²) < 4.78 is 25.5. The quantitative estimate of drug-likeness (QED) is 0.750. The molecule has 0 fully saturated rings. The minimum Gasteiger partial charge on any atom is -0.299 e. The van der Waals surface area contributed by atoms with Crippen LogP contribution in [0.15, 0.2) is 18.2 Å². The first kappa shape index (κ1) is 12.8. The minimum atomic E-state index is -0.831. The van der Waals surface area contributed by atoms with E-state index in [1.807, 2.05) is 13.8 Å². The number of benzene rings is 1. The van der Waals surface area contributed by atoms with Gasteiger partial charge in [-0.2, -0.15) is 0 Å². The molecule has 1 nitrogen and oxygen atoms in total. The summed E-state index contributed by atoms with van der Waals surface area (Å²) in [5, 5.41) is 0. The van der Waals surface area contributed by atoms with Gasteiger partial charge in [0.15, 0.2) is 11.6 Å². The van der Waals surface area contributed by atoms with Crippen molar-refractivity contribution in [1.29, 1.82) is 0 Å². The normalized spacial score (nSPS) is 10.8. The van der Waals surface area contributed by atoms with Crippen LogP contribution in [0.2, 0.25) is 0 Å². The topological polar surface area (TPSA) is 17.1 Å². The first-order chi connectivity index (χ1) is 7.50. The number of carbonyl (C=O) groups excluding carboxylic acids is 1. The maximum Gasteiger partial charge on any atom is 0.159 e.